The van der Waals surface area contributed by atoms with Crippen LogP contribution >= 0.6 is 11.6 Å². The summed E-state index contributed by atoms with van der Waals surface area (Å²) in [5.41, 5.74) is 0. The van der Waals surface area contributed by atoms with Crippen LogP contribution in [0.15, 0.2) is 0 Å². The first-order valence-electron chi connectivity index (χ1n) is 4.98. The Kier molecular flexibility index (Phi) is 9.53. The van der Waals surface area contributed by atoms with Crippen LogP contribution in [0.5, 0.6) is 0 Å². The highest BCUT2D eigenvalue weighted by atomic mass is 35.5. The first-order valence-corrected chi connectivity index (χ1v) is 5.52. The molecule has 0 heterocycles. The Hall–Kier alpha value is 0.250. The lowest BCUT2D eigenvalue weighted by molar-refractivity contribution is 0.106. The first kappa shape index (κ1) is 12.2. The van der Waals surface area contributed by atoms with E-state index in [1.807, 2.05) is 0 Å². The van der Waals surface area contributed by atoms with Gasteiger partial charge in [-0.1, -0.05) is 33.1 Å². The molecule has 12 heavy (non-hydrogen) atoms. The maximum absolute atomic E-state index is 5.51. The van der Waals surface area contributed by atoms with Crippen LogP contribution in [-0.4, -0.2) is 19.1 Å². The van der Waals surface area contributed by atoms with Gasteiger partial charge < -0.3 is 4.74 Å². The molecule has 0 saturated heterocycles. The number of alkyl halides is 1. The second kappa shape index (κ2) is 9.34. The lowest BCUT2D eigenvalue weighted by atomic mass is 10.0. The molecule has 0 aromatic heterocycles. The zero-order valence-electron chi connectivity index (χ0n) is 8.31. The van der Waals surface area contributed by atoms with E-state index in [9.17, 15) is 0 Å². The van der Waals surface area contributed by atoms with Crippen molar-refractivity contribution < 1.29 is 4.74 Å². The smallest absolute Gasteiger partial charge is 0.0601 e. The number of rotatable bonds is 8. The predicted molar refractivity (Wildman–Crippen MR) is 54.8 cm³/mol. The van der Waals surface area contributed by atoms with E-state index in [4.69, 9.17) is 16.3 Å². The molecule has 0 amide bonds. The van der Waals surface area contributed by atoms with E-state index in [0.717, 1.165) is 12.5 Å². The van der Waals surface area contributed by atoms with Gasteiger partial charge in [0.2, 0.25) is 0 Å². The van der Waals surface area contributed by atoms with Gasteiger partial charge in [0, 0.05) is 12.5 Å². The second-order valence-electron chi connectivity index (χ2n) is 3.18. The van der Waals surface area contributed by atoms with E-state index in [1.54, 1.807) is 0 Å². The molecule has 1 nitrogen and oxygen atoms in total. The van der Waals surface area contributed by atoms with Gasteiger partial charge in [0.05, 0.1) is 6.61 Å². The Morgan fingerprint density at radius 3 is 2.58 bits per heavy atom. The zero-order chi connectivity index (χ0) is 9.23. The van der Waals surface area contributed by atoms with Gasteiger partial charge in [-0.25, -0.2) is 0 Å². The van der Waals surface area contributed by atoms with Crippen LogP contribution in [0.2, 0.25) is 0 Å². The summed E-state index contributed by atoms with van der Waals surface area (Å²) < 4.78 is 5.40. The van der Waals surface area contributed by atoms with Crippen molar-refractivity contribution in [1.29, 1.82) is 0 Å². The minimum Gasteiger partial charge on any atom is -0.380 e. The Morgan fingerprint density at radius 1 is 1.33 bits per heavy atom. The average Bonchev–Trinajstić information content (AvgIpc) is 2.11. The van der Waals surface area contributed by atoms with Crippen LogP contribution in [0.25, 0.3) is 0 Å². The van der Waals surface area contributed by atoms with Crippen LogP contribution in [0.3, 0.4) is 0 Å². The summed E-state index contributed by atoms with van der Waals surface area (Å²) in [7, 11) is 0. The second-order valence-corrected chi connectivity index (χ2v) is 3.56. The van der Waals surface area contributed by atoms with E-state index in [2.05, 4.69) is 13.8 Å². The summed E-state index contributed by atoms with van der Waals surface area (Å²) >= 11 is 5.51. The summed E-state index contributed by atoms with van der Waals surface area (Å²) in [6.45, 7) is 6.05. The highest BCUT2D eigenvalue weighted by Gasteiger charge is 2.04. The predicted octanol–water partition coefficient (Wildman–Crippen LogP) is 3.46. The number of ether oxygens (including phenoxy) is 1. The van der Waals surface area contributed by atoms with E-state index in [-0.39, 0.29) is 0 Å². The molecule has 0 N–H and O–H groups in total. The molecule has 74 valence electrons. The third-order valence-electron chi connectivity index (χ3n) is 2.12. The monoisotopic (exact) mass is 192 g/mol. The molecular weight excluding hydrogens is 172 g/mol. The number of hydrogen-bond donors (Lipinski definition) is 0. The molecule has 0 aliphatic heterocycles. The van der Waals surface area contributed by atoms with Crippen molar-refractivity contribution in [3.8, 4) is 0 Å². The van der Waals surface area contributed by atoms with E-state index >= 15 is 0 Å². The molecule has 0 aromatic carbocycles. The van der Waals surface area contributed by atoms with Gasteiger partial charge >= 0.3 is 0 Å². The lowest BCUT2D eigenvalue weighted by Crippen LogP contribution is -2.10. The number of unbranched alkanes of at least 4 members (excludes halogenated alkanes) is 1. The quantitative estimate of drug-likeness (QED) is 0.423. The van der Waals surface area contributed by atoms with Crippen molar-refractivity contribution in [2.45, 2.75) is 39.5 Å². The van der Waals surface area contributed by atoms with Crippen LogP contribution in [-0.2, 0) is 4.74 Å². The zero-order valence-corrected chi connectivity index (χ0v) is 9.07. The topological polar surface area (TPSA) is 9.23 Å². The van der Waals surface area contributed by atoms with E-state index in [0.29, 0.717) is 12.5 Å². The van der Waals surface area contributed by atoms with Crippen LogP contribution in [0.4, 0.5) is 0 Å². The number of halogens is 1. The summed E-state index contributed by atoms with van der Waals surface area (Å²) in [6.07, 6.45) is 5.13. The summed E-state index contributed by atoms with van der Waals surface area (Å²) in [5.74, 6) is 1.36. The summed E-state index contributed by atoms with van der Waals surface area (Å²) in [4.78, 5) is 0. The van der Waals surface area contributed by atoms with Crippen LogP contribution < -0.4 is 0 Å². The Morgan fingerprint density at radius 2 is 2.08 bits per heavy atom. The molecule has 0 rings (SSSR count). The van der Waals surface area contributed by atoms with Crippen molar-refractivity contribution in [2.75, 3.05) is 19.1 Å². The summed E-state index contributed by atoms with van der Waals surface area (Å²) in [6, 6.07) is 0. The molecule has 0 aromatic rings. The fourth-order valence-electron chi connectivity index (χ4n) is 1.20. The SMILES string of the molecule is CCCC[C@H](CC)COCCCl. The summed E-state index contributed by atoms with van der Waals surface area (Å²) in [5, 5.41) is 0. The van der Waals surface area contributed by atoms with E-state index in [1.165, 1.54) is 25.7 Å². The van der Waals surface area contributed by atoms with Crippen molar-refractivity contribution in [1.82, 2.24) is 0 Å². The molecule has 0 saturated carbocycles. The van der Waals surface area contributed by atoms with Crippen molar-refractivity contribution in [2.24, 2.45) is 5.92 Å². The maximum Gasteiger partial charge on any atom is 0.0601 e. The molecule has 0 spiro atoms. The molecule has 1 atom stereocenters. The fourth-order valence-corrected chi connectivity index (χ4v) is 1.31. The lowest BCUT2D eigenvalue weighted by Gasteiger charge is -2.13. The molecular formula is C10H21ClO. The molecule has 0 bridgehead atoms. The molecule has 0 radical (unpaired) electrons. The minimum atomic E-state index is 0.615. The van der Waals surface area contributed by atoms with Gasteiger partial charge in [0.1, 0.15) is 0 Å². The van der Waals surface area contributed by atoms with Gasteiger partial charge in [0.15, 0.2) is 0 Å². The largest absolute Gasteiger partial charge is 0.380 e. The molecule has 2 heteroatoms. The van der Waals surface area contributed by atoms with Gasteiger partial charge in [-0.15, -0.1) is 11.6 Å². The Balaban J connectivity index is 3.26. The van der Waals surface area contributed by atoms with Crippen LogP contribution in [0, 0.1) is 5.92 Å². The van der Waals surface area contributed by atoms with Crippen molar-refractivity contribution in [3.63, 3.8) is 0 Å². The Bertz CT molecular complexity index is 85.9. The Labute approximate surface area is 81.4 Å². The number of hydrogen-bond acceptors (Lipinski definition) is 1. The average molecular weight is 193 g/mol. The molecule has 0 fully saturated rings. The molecule has 0 aliphatic carbocycles. The van der Waals surface area contributed by atoms with Gasteiger partial charge in [-0.2, -0.15) is 0 Å². The molecule has 0 unspecified atom stereocenters. The highest BCUT2D eigenvalue weighted by molar-refractivity contribution is 6.17. The van der Waals surface area contributed by atoms with Crippen LogP contribution in [0.1, 0.15) is 39.5 Å². The fraction of sp³-hybridized carbons (Fsp3) is 1.00. The maximum atomic E-state index is 5.51. The van der Waals surface area contributed by atoms with Gasteiger partial charge in [0.25, 0.3) is 0 Å². The minimum absolute atomic E-state index is 0.615. The first-order chi connectivity index (χ1) is 5.85. The third kappa shape index (κ3) is 6.93. The molecule has 0 aliphatic rings. The van der Waals surface area contributed by atoms with E-state index < -0.39 is 0 Å². The third-order valence-corrected chi connectivity index (χ3v) is 2.27. The normalized spacial score (nSPS) is 13.2. The van der Waals surface area contributed by atoms with Crippen molar-refractivity contribution >= 4 is 11.6 Å². The van der Waals surface area contributed by atoms with Gasteiger partial charge in [-0.05, 0) is 12.3 Å². The standard InChI is InChI=1S/C10H21ClO/c1-3-5-6-10(4-2)9-12-8-7-11/h10H,3-9H2,1-2H3/t10-/m0/s1. The van der Waals surface area contributed by atoms with Crippen molar-refractivity contribution in [3.05, 3.63) is 0 Å². The highest BCUT2D eigenvalue weighted by Crippen LogP contribution is 2.12. The van der Waals surface area contributed by atoms with Gasteiger partial charge in [-0.3, -0.25) is 0 Å².